The number of rotatable bonds is 5. The second-order valence-electron chi connectivity index (χ2n) is 3.94. The molecule has 0 aromatic rings. The maximum atomic E-state index is 11.1. The van der Waals surface area contributed by atoms with Crippen LogP contribution in [-0.4, -0.2) is 17.2 Å². The molecule has 0 amide bonds. The third-order valence-corrected chi connectivity index (χ3v) is 4.74. The average Bonchev–Trinajstić information content (AvgIpc) is 2.28. The Morgan fingerprint density at radius 2 is 2.07 bits per heavy atom. The summed E-state index contributed by atoms with van der Waals surface area (Å²) < 4.78 is 11.1. The Labute approximate surface area is 103 Å². The van der Waals surface area contributed by atoms with Crippen molar-refractivity contribution in [1.82, 2.24) is 0 Å². The fraction of sp³-hybridized carbons (Fsp3) is 0.909. The minimum absolute atomic E-state index is 0.421. The van der Waals surface area contributed by atoms with Crippen molar-refractivity contribution in [3.63, 3.8) is 0 Å². The van der Waals surface area contributed by atoms with Crippen LogP contribution in [0.4, 0.5) is 4.79 Å². The second kappa shape index (κ2) is 8.19. The molecule has 90 valence electrons. The molecule has 0 aromatic carbocycles. The molecule has 1 aliphatic carbocycles. The Balaban J connectivity index is 2.00. The molecule has 15 heavy (non-hydrogen) atoms. The normalized spacial score (nSPS) is 17.7. The summed E-state index contributed by atoms with van der Waals surface area (Å²) >= 11 is -0.421. The van der Waals surface area contributed by atoms with E-state index >= 15 is 0 Å². The SMILES string of the molecule is CCC[I-]OC(=O)OCC1CCCCC1. The third kappa shape index (κ3) is 6.22. The number of hydrogen-bond donors (Lipinski definition) is 0. The summed E-state index contributed by atoms with van der Waals surface area (Å²) in [5, 5.41) is 0. The van der Waals surface area contributed by atoms with E-state index in [4.69, 9.17) is 7.80 Å². The van der Waals surface area contributed by atoms with E-state index in [1.54, 1.807) is 0 Å². The summed E-state index contributed by atoms with van der Waals surface area (Å²) in [5.74, 6) is 0.579. The number of ether oxygens (including phenoxy) is 1. The van der Waals surface area contributed by atoms with Crippen molar-refractivity contribution >= 4 is 6.16 Å². The van der Waals surface area contributed by atoms with Gasteiger partial charge >= 0.3 is 103 Å². The molecule has 0 bridgehead atoms. The van der Waals surface area contributed by atoms with Gasteiger partial charge in [0.2, 0.25) is 0 Å². The summed E-state index contributed by atoms with van der Waals surface area (Å²) in [6.45, 7) is 2.66. The maximum absolute atomic E-state index is 11.1. The average molecular weight is 327 g/mol. The standard InChI is InChI=1S/C11H20IO3/c1-2-8-12-15-11(13)14-9-10-6-4-3-5-7-10/h10H,2-9H2,1H3/q-1. The summed E-state index contributed by atoms with van der Waals surface area (Å²) in [7, 11) is 0. The van der Waals surface area contributed by atoms with Crippen LogP contribution in [0.1, 0.15) is 45.4 Å². The molecule has 0 radical (unpaired) electrons. The fourth-order valence-electron chi connectivity index (χ4n) is 1.72. The Kier molecular flexibility index (Phi) is 7.13. The third-order valence-electron chi connectivity index (χ3n) is 2.55. The van der Waals surface area contributed by atoms with Gasteiger partial charge in [-0.2, -0.15) is 0 Å². The molecular weight excluding hydrogens is 307 g/mol. The molecule has 4 heteroatoms. The zero-order valence-electron chi connectivity index (χ0n) is 9.34. The van der Waals surface area contributed by atoms with Gasteiger partial charge in [-0.15, -0.1) is 0 Å². The molecule has 1 saturated carbocycles. The number of halogens is 1. The Hall–Kier alpha value is 0. The summed E-state index contributed by atoms with van der Waals surface area (Å²) in [4.78, 5) is 11.1. The van der Waals surface area contributed by atoms with Crippen molar-refractivity contribution in [1.29, 1.82) is 0 Å². The van der Waals surface area contributed by atoms with Gasteiger partial charge in [0.25, 0.3) is 0 Å². The van der Waals surface area contributed by atoms with Crippen LogP contribution in [0.3, 0.4) is 0 Å². The molecule has 0 spiro atoms. The van der Waals surface area contributed by atoms with Crippen LogP contribution in [0.2, 0.25) is 0 Å². The van der Waals surface area contributed by atoms with Crippen LogP contribution in [0.15, 0.2) is 0 Å². The molecule has 0 aromatic heterocycles. The van der Waals surface area contributed by atoms with Crippen molar-refractivity contribution in [2.24, 2.45) is 5.92 Å². The Morgan fingerprint density at radius 1 is 1.33 bits per heavy atom. The van der Waals surface area contributed by atoms with Crippen LogP contribution < -0.4 is 21.6 Å². The Morgan fingerprint density at radius 3 is 2.73 bits per heavy atom. The minimum atomic E-state index is -0.443. The molecule has 0 N–H and O–H groups in total. The van der Waals surface area contributed by atoms with E-state index in [0.717, 1.165) is 10.8 Å². The first-order valence-electron chi connectivity index (χ1n) is 5.75. The topological polar surface area (TPSA) is 35.5 Å². The molecule has 0 atom stereocenters. The summed E-state index contributed by atoms with van der Waals surface area (Å²) in [5.41, 5.74) is 0. The van der Waals surface area contributed by atoms with E-state index in [-0.39, 0.29) is 0 Å². The van der Waals surface area contributed by atoms with Crippen molar-refractivity contribution in [3.8, 4) is 0 Å². The van der Waals surface area contributed by atoms with Crippen molar-refractivity contribution in [2.45, 2.75) is 45.4 Å². The number of carbonyl (C=O) groups excluding carboxylic acids is 1. The van der Waals surface area contributed by atoms with E-state index in [1.807, 2.05) is 0 Å². The molecule has 1 rings (SSSR count). The first-order valence-corrected chi connectivity index (χ1v) is 8.16. The first-order chi connectivity index (χ1) is 7.33. The van der Waals surface area contributed by atoms with Gasteiger partial charge in [-0.25, -0.2) is 0 Å². The first kappa shape index (κ1) is 13.1. The van der Waals surface area contributed by atoms with E-state index in [9.17, 15) is 4.79 Å². The molecule has 3 nitrogen and oxygen atoms in total. The van der Waals surface area contributed by atoms with Gasteiger partial charge < -0.3 is 0 Å². The zero-order chi connectivity index (χ0) is 10.9. The Bertz CT molecular complexity index is 179. The van der Waals surface area contributed by atoms with E-state index in [2.05, 4.69) is 6.92 Å². The van der Waals surface area contributed by atoms with Crippen LogP contribution in [-0.2, 0) is 7.80 Å². The molecule has 0 unspecified atom stereocenters. The van der Waals surface area contributed by atoms with Crippen LogP contribution >= 0.6 is 0 Å². The summed E-state index contributed by atoms with van der Waals surface area (Å²) in [6, 6.07) is 0. The van der Waals surface area contributed by atoms with E-state index in [0.29, 0.717) is 12.5 Å². The van der Waals surface area contributed by atoms with Gasteiger partial charge in [0.1, 0.15) is 0 Å². The predicted molar refractivity (Wildman–Crippen MR) is 54.2 cm³/mol. The fourth-order valence-corrected chi connectivity index (χ4v) is 2.76. The van der Waals surface area contributed by atoms with Gasteiger partial charge in [-0.3, -0.25) is 0 Å². The van der Waals surface area contributed by atoms with Crippen LogP contribution in [0, 0.1) is 5.92 Å². The summed E-state index contributed by atoms with van der Waals surface area (Å²) in [6.07, 6.45) is 6.96. The number of hydrogen-bond acceptors (Lipinski definition) is 3. The second-order valence-corrected chi connectivity index (χ2v) is 6.08. The quantitative estimate of drug-likeness (QED) is 0.312. The number of alkyl halides is 1. The molecule has 0 heterocycles. The van der Waals surface area contributed by atoms with Gasteiger partial charge in [0.15, 0.2) is 0 Å². The molecule has 0 aliphatic heterocycles. The van der Waals surface area contributed by atoms with Crippen molar-refractivity contribution in [2.75, 3.05) is 11.0 Å². The predicted octanol–water partition coefficient (Wildman–Crippen LogP) is 0.134. The van der Waals surface area contributed by atoms with Gasteiger partial charge in [0.05, 0.1) is 0 Å². The number of carbonyl (C=O) groups is 1. The van der Waals surface area contributed by atoms with Crippen molar-refractivity contribution < 1.29 is 34.2 Å². The van der Waals surface area contributed by atoms with Gasteiger partial charge in [-0.1, -0.05) is 0 Å². The monoisotopic (exact) mass is 327 g/mol. The van der Waals surface area contributed by atoms with E-state index < -0.39 is 27.8 Å². The van der Waals surface area contributed by atoms with E-state index in [1.165, 1.54) is 32.1 Å². The van der Waals surface area contributed by atoms with Gasteiger partial charge in [0, 0.05) is 0 Å². The zero-order valence-corrected chi connectivity index (χ0v) is 11.5. The van der Waals surface area contributed by atoms with Gasteiger partial charge in [-0.05, 0) is 0 Å². The van der Waals surface area contributed by atoms with Crippen LogP contribution in [0.5, 0.6) is 0 Å². The molecule has 0 saturated heterocycles. The van der Waals surface area contributed by atoms with Crippen molar-refractivity contribution in [3.05, 3.63) is 0 Å². The molecule has 1 aliphatic rings. The molecular formula is C11H20IO3-. The molecule has 1 fully saturated rings. The van der Waals surface area contributed by atoms with Crippen LogP contribution in [0.25, 0.3) is 0 Å².